The third-order valence-electron chi connectivity index (χ3n) is 2.85. The van der Waals surface area contributed by atoms with Crippen molar-refractivity contribution in [2.45, 2.75) is 13.3 Å². The van der Waals surface area contributed by atoms with Crippen molar-refractivity contribution in [3.63, 3.8) is 0 Å². The largest absolute Gasteiger partial charge is 0.302 e. The SMILES string of the molecule is C=CN=Cc1sc(NC(=O)[C@@H]2C[C@H]2C)nc1C=C. The lowest BCUT2D eigenvalue weighted by Gasteiger charge is -1.98. The second-order valence-electron chi connectivity index (χ2n) is 4.24. The van der Waals surface area contributed by atoms with Gasteiger partial charge in [0.1, 0.15) is 0 Å². The Balaban J connectivity index is 2.11. The molecular weight excluding hydrogens is 246 g/mol. The maximum atomic E-state index is 11.8. The Morgan fingerprint density at radius 1 is 1.61 bits per heavy atom. The van der Waals surface area contributed by atoms with Gasteiger partial charge in [0.2, 0.25) is 5.91 Å². The van der Waals surface area contributed by atoms with E-state index in [1.807, 2.05) is 0 Å². The van der Waals surface area contributed by atoms with Crippen LogP contribution in [0.3, 0.4) is 0 Å². The van der Waals surface area contributed by atoms with Gasteiger partial charge in [-0.15, -0.1) is 0 Å². The maximum absolute atomic E-state index is 11.8. The number of anilines is 1. The van der Waals surface area contributed by atoms with Gasteiger partial charge in [0.25, 0.3) is 0 Å². The summed E-state index contributed by atoms with van der Waals surface area (Å²) in [6.45, 7) is 9.29. The Labute approximate surface area is 110 Å². The molecule has 1 aromatic heterocycles. The Morgan fingerprint density at radius 3 is 2.89 bits per heavy atom. The first-order chi connectivity index (χ1) is 8.65. The van der Waals surface area contributed by atoms with E-state index in [-0.39, 0.29) is 11.8 Å². The fraction of sp³-hybridized carbons (Fsp3) is 0.308. The number of carbonyl (C=O) groups excluding carboxylic acids is 1. The summed E-state index contributed by atoms with van der Waals surface area (Å²) in [7, 11) is 0. The predicted molar refractivity (Wildman–Crippen MR) is 75.9 cm³/mol. The summed E-state index contributed by atoms with van der Waals surface area (Å²) >= 11 is 1.39. The number of nitrogens with one attached hydrogen (secondary N) is 1. The Hall–Kier alpha value is -1.75. The van der Waals surface area contributed by atoms with Crippen LogP contribution in [0.25, 0.3) is 6.08 Å². The lowest BCUT2D eigenvalue weighted by Crippen LogP contribution is -2.14. The summed E-state index contributed by atoms with van der Waals surface area (Å²) in [4.78, 5) is 20.9. The van der Waals surface area contributed by atoms with Crippen LogP contribution in [0, 0.1) is 11.8 Å². The van der Waals surface area contributed by atoms with Crippen LogP contribution >= 0.6 is 11.3 Å². The molecule has 5 heteroatoms. The molecule has 1 aliphatic rings. The topological polar surface area (TPSA) is 54.4 Å². The van der Waals surface area contributed by atoms with Gasteiger partial charge in [-0.2, -0.15) is 0 Å². The van der Waals surface area contributed by atoms with Gasteiger partial charge in [-0.05, 0) is 18.4 Å². The van der Waals surface area contributed by atoms with Crippen LogP contribution < -0.4 is 5.32 Å². The van der Waals surface area contributed by atoms with E-state index in [1.165, 1.54) is 17.5 Å². The lowest BCUT2D eigenvalue weighted by atomic mass is 10.3. The highest BCUT2D eigenvalue weighted by molar-refractivity contribution is 7.17. The molecule has 2 rings (SSSR count). The van der Waals surface area contributed by atoms with Gasteiger partial charge in [-0.3, -0.25) is 9.79 Å². The smallest absolute Gasteiger partial charge is 0.229 e. The van der Waals surface area contributed by atoms with E-state index in [2.05, 4.69) is 35.4 Å². The molecule has 18 heavy (non-hydrogen) atoms. The Morgan fingerprint density at radius 2 is 2.33 bits per heavy atom. The highest BCUT2D eigenvalue weighted by Gasteiger charge is 2.39. The van der Waals surface area contributed by atoms with Gasteiger partial charge >= 0.3 is 0 Å². The van der Waals surface area contributed by atoms with Crippen LogP contribution in [-0.2, 0) is 4.79 Å². The minimum atomic E-state index is 0.0547. The number of aromatic nitrogens is 1. The van der Waals surface area contributed by atoms with E-state index in [0.717, 1.165) is 17.0 Å². The molecule has 1 N–H and O–H groups in total. The molecule has 0 aromatic carbocycles. The van der Waals surface area contributed by atoms with Crippen molar-refractivity contribution < 1.29 is 4.79 Å². The second-order valence-corrected chi connectivity index (χ2v) is 5.27. The first-order valence-electron chi connectivity index (χ1n) is 5.74. The van der Waals surface area contributed by atoms with Gasteiger partial charge in [0, 0.05) is 18.3 Å². The molecule has 0 spiro atoms. The highest BCUT2D eigenvalue weighted by atomic mass is 32.1. The fourth-order valence-electron chi connectivity index (χ4n) is 1.64. The van der Waals surface area contributed by atoms with Crippen molar-refractivity contribution >= 4 is 34.7 Å². The summed E-state index contributed by atoms with van der Waals surface area (Å²) in [6, 6.07) is 0. The molecule has 1 heterocycles. The number of aliphatic imine (C=N–C) groups is 1. The summed E-state index contributed by atoms with van der Waals surface area (Å²) in [5.41, 5.74) is 0.727. The molecule has 1 amide bonds. The number of hydrogen-bond donors (Lipinski definition) is 1. The van der Waals surface area contributed by atoms with Gasteiger partial charge < -0.3 is 5.32 Å². The predicted octanol–water partition coefficient (Wildman–Crippen LogP) is 2.94. The summed E-state index contributed by atoms with van der Waals surface area (Å²) in [6.07, 6.45) is 5.74. The van der Waals surface area contributed by atoms with E-state index < -0.39 is 0 Å². The monoisotopic (exact) mass is 261 g/mol. The van der Waals surface area contributed by atoms with Gasteiger partial charge in [-0.25, -0.2) is 4.98 Å². The fourth-order valence-corrected chi connectivity index (χ4v) is 2.49. The number of hydrogen-bond acceptors (Lipinski definition) is 4. The van der Waals surface area contributed by atoms with E-state index in [9.17, 15) is 4.79 Å². The number of rotatable bonds is 5. The Kier molecular flexibility index (Phi) is 3.72. The summed E-state index contributed by atoms with van der Waals surface area (Å²) < 4.78 is 0. The minimum Gasteiger partial charge on any atom is -0.302 e. The average molecular weight is 261 g/mol. The van der Waals surface area contributed by atoms with Crippen molar-refractivity contribution in [3.05, 3.63) is 29.9 Å². The van der Waals surface area contributed by atoms with Crippen LogP contribution in [0.5, 0.6) is 0 Å². The number of amides is 1. The molecule has 0 unspecified atom stereocenters. The molecule has 1 aromatic rings. The van der Waals surface area contributed by atoms with Crippen LogP contribution in [0.1, 0.15) is 23.9 Å². The number of thiazole rings is 1. The maximum Gasteiger partial charge on any atom is 0.229 e. The molecule has 2 atom stereocenters. The van der Waals surface area contributed by atoms with E-state index in [4.69, 9.17) is 0 Å². The summed E-state index contributed by atoms with van der Waals surface area (Å²) in [5.74, 6) is 0.691. The quantitative estimate of drug-likeness (QED) is 0.828. The zero-order chi connectivity index (χ0) is 13.1. The van der Waals surface area contributed by atoms with Gasteiger partial charge in [0.15, 0.2) is 5.13 Å². The molecule has 1 saturated carbocycles. The van der Waals surface area contributed by atoms with Crippen molar-refractivity contribution in [3.8, 4) is 0 Å². The molecular formula is C13H15N3OS. The van der Waals surface area contributed by atoms with Crippen molar-refractivity contribution in [2.24, 2.45) is 16.8 Å². The van der Waals surface area contributed by atoms with Crippen LogP contribution in [0.2, 0.25) is 0 Å². The Bertz CT molecular complexity index is 518. The average Bonchev–Trinajstić information content (AvgIpc) is 2.96. The van der Waals surface area contributed by atoms with Crippen LogP contribution in [-0.4, -0.2) is 17.1 Å². The third kappa shape index (κ3) is 2.73. The molecule has 0 saturated heterocycles. The zero-order valence-corrected chi connectivity index (χ0v) is 11.0. The summed E-state index contributed by atoms with van der Waals surface area (Å²) in [5, 5.41) is 3.44. The normalized spacial score (nSPS) is 21.8. The lowest BCUT2D eigenvalue weighted by molar-refractivity contribution is -0.117. The van der Waals surface area contributed by atoms with Crippen molar-refractivity contribution in [1.82, 2.24) is 4.98 Å². The molecule has 0 radical (unpaired) electrons. The molecule has 0 aliphatic heterocycles. The number of nitrogens with zero attached hydrogens (tertiary/aromatic N) is 2. The van der Waals surface area contributed by atoms with Crippen molar-refractivity contribution in [2.75, 3.05) is 5.32 Å². The minimum absolute atomic E-state index is 0.0547. The van der Waals surface area contributed by atoms with Gasteiger partial charge in [0.05, 0.1) is 10.6 Å². The van der Waals surface area contributed by atoms with Gasteiger partial charge in [-0.1, -0.05) is 31.4 Å². The molecule has 1 fully saturated rings. The second kappa shape index (κ2) is 5.27. The molecule has 94 valence electrons. The van der Waals surface area contributed by atoms with E-state index in [1.54, 1.807) is 12.3 Å². The third-order valence-corrected chi connectivity index (χ3v) is 3.77. The number of carbonyl (C=O) groups is 1. The molecule has 0 bridgehead atoms. The zero-order valence-electron chi connectivity index (χ0n) is 10.2. The van der Waals surface area contributed by atoms with E-state index >= 15 is 0 Å². The van der Waals surface area contributed by atoms with Crippen LogP contribution in [0.4, 0.5) is 5.13 Å². The standard InChI is InChI=1S/C13H15N3OS/c1-4-10-11(7-14-5-2)18-13(15-10)16-12(17)9-6-8(9)3/h4-5,7-9H,1-2,6H2,3H3,(H,15,16,17)/t8-,9-/m1/s1. The first-order valence-corrected chi connectivity index (χ1v) is 6.55. The van der Waals surface area contributed by atoms with E-state index in [0.29, 0.717) is 11.0 Å². The molecule has 1 aliphatic carbocycles. The van der Waals surface area contributed by atoms with Crippen molar-refractivity contribution in [1.29, 1.82) is 0 Å². The first kappa shape index (κ1) is 12.7. The van der Waals surface area contributed by atoms with Crippen LogP contribution in [0.15, 0.2) is 24.4 Å². The molecule has 4 nitrogen and oxygen atoms in total. The highest BCUT2D eigenvalue weighted by Crippen LogP contribution is 2.38.